The number of thiophene rings is 1. The van der Waals surface area contributed by atoms with Crippen LogP contribution in [0.1, 0.15) is 27.5 Å². The minimum absolute atomic E-state index is 0.00150. The molecule has 2 heterocycles. The molecule has 0 bridgehead atoms. The monoisotopic (exact) mass is 446 g/mol. The molecule has 0 amide bonds. The zero-order chi connectivity index (χ0) is 21.4. The van der Waals surface area contributed by atoms with Gasteiger partial charge in [0.15, 0.2) is 0 Å². The van der Waals surface area contributed by atoms with Gasteiger partial charge in [-0.2, -0.15) is 0 Å². The van der Waals surface area contributed by atoms with E-state index in [1.807, 2.05) is 48.5 Å². The molecule has 0 saturated carbocycles. The van der Waals surface area contributed by atoms with Crippen LogP contribution in [0, 0.1) is 0 Å². The van der Waals surface area contributed by atoms with Gasteiger partial charge >= 0.3 is 0 Å². The number of benzene rings is 3. The number of para-hydroxylation sites is 1. The fraction of sp³-hybridized carbons (Fsp3) is 0.0800. The second-order valence-corrected chi connectivity index (χ2v) is 9.40. The van der Waals surface area contributed by atoms with Crippen LogP contribution in [0.5, 0.6) is 5.75 Å². The minimum Gasteiger partial charge on any atom is -0.456 e. The predicted octanol–water partition coefficient (Wildman–Crippen LogP) is 5.26. The lowest BCUT2D eigenvalue weighted by atomic mass is 9.86. The van der Waals surface area contributed by atoms with Gasteiger partial charge in [0.2, 0.25) is 0 Å². The highest BCUT2D eigenvalue weighted by Gasteiger charge is 2.32. The Bertz CT molecular complexity index is 1350. The molecule has 0 N–H and O–H groups in total. The van der Waals surface area contributed by atoms with Gasteiger partial charge in [-0.3, -0.25) is 0 Å². The van der Waals surface area contributed by atoms with E-state index in [2.05, 4.69) is 18.2 Å². The highest BCUT2D eigenvalue weighted by Crippen LogP contribution is 2.48. The SMILES string of the molecule is O=CC1C(c2cc3ccccc3s2)=C(c2ccc(C[SH](=O)=O)cc2)Oc2ccccc21. The van der Waals surface area contributed by atoms with Gasteiger partial charge in [0, 0.05) is 26.3 Å². The molecule has 5 rings (SSSR count). The molecule has 4 aromatic rings. The van der Waals surface area contributed by atoms with Crippen LogP contribution < -0.4 is 4.74 Å². The Balaban J connectivity index is 1.72. The largest absolute Gasteiger partial charge is 0.456 e. The maximum absolute atomic E-state index is 12.3. The molecule has 0 spiro atoms. The summed E-state index contributed by atoms with van der Waals surface area (Å²) in [5.41, 5.74) is 3.19. The number of ether oxygens (including phenoxy) is 1. The smallest absolute Gasteiger partial charge is 0.144 e. The van der Waals surface area contributed by atoms with Crippen LogP contribution in [-0.4, -0.2) is 14.7 Å². The third kappa shape index (κ3) is 3.69. The molecule has 0 radical (unpaired) electrons. The highest BCUT2D eigenvalue weighted by molar-refractivity contribution is 7.71. The zero-order valence-electron chi connectivity index (χ0n) is 16.4. The topological polar surface area (TPSA) is 60.4 Å². The highest BCUT2D eigenvalue weighted by atomic mass is 32.2. The van der Waals surface area contributed by atoms with Crippen molar-refractivity contribution in [1.82, 2.24) is 0 Å². The van der Waals surface area contributed by atoms with Crippen LogP contribution in [0.15, 0.2) is 78.9 Å². The average Bonchev–Trinajstić information content (AvgIpc) is 3.22. The summed E-state index contributed by atoms with van der Waals surface area (Å²) in [6.07, 6.45) is 0.970. The first-order valence-electron chi connectivity index (χ1n) is 9.80. The van der Waals surface area contributed by atoms with Crippen molar-refractivity contribution in [2.45, 2.75) is 11.7 Å². The molecule has 1 unspecified atom stereocenters. The number of rotatable bonds is 5. The third-order valence-electron chi connectivity index (χ3n) is 5.38. The van der Waals surface area contributed by atoms with E-state index in [0.717, 1.165) is 37.9 Å². The fourth-order valence-corrected chi connectivity index (χ4v) is 5.59. The minimum atomic E-state index is -2.49. The van der Waals surface area contributed by atoms with Gasteiger partial charge in [0.1, 0.15) is 28.5 Å². The van der Waals surface area contributed by atoms with Gasteiger partial charge in [-0.05, 0) is 29.1 Å². The molecule has 154 valence electrons. The first-order valence-corrected chi connectivity index (χ1v) is 12.0. The molecule has 4 nitrogen and oxygen atoms in total. The van der Waals surface area contributed by atoms with E-state index >= 15 is 0 Å². The number of fused-ring (bicyclic) bond motifs is 2. The summed E-state index contributed by atoms with van der Waals surface area (Å²) in [4.78, 5) is 13.3. The quantitative estimate of drug-likeness (QED) is 0.336. The Hall–Kier alpha value is -3.22. The first-order chi connectivity index (χ1) is 15.1. The number of hydrogen-bond donors (Lipinski definition) is 1. The van der Waals surface area contributed by atoms with E-state index in [4.69, 9.17) is 4.74 Å². The van der Waals surface area contributed by atoms with E-state index in [1.54, 1.807) is 23.5 Å². The molecular formula is C25H18O4S2. The Morgan fingerprint density at radius 2 is 1.68 bits per heavy atom. The first kappa shape index (κ1) is 19.7. The maximum Gasteiger partial charge on any atom is 0.144 e. The maximum atomic E-state index is 12.3. The van der Waals surface area contributed by atoms with Crippen LogP contribution >= 0.6 is 11.3 Å². The third-order valence-corrected chi connectivity index (χ3v) is 7.15. The predicted molar refractivity (Wildman–Crippen MR) is 125 cm³/mol. The number of carbonyl (C=O) groups excluding carboxylic acids is 1. The van der Waals surface area contributed by atoms with Crippen molar-refractivity contribution < 1.29 is 17.9 Å². The number of hydrogen-bond acceptors (Lipinski definition) is 5. The Morgan fingerprint density at radius 1 is 0.935 bits per heavy atom. The van der Waals surface area contributed by atoms with E-state index in [9.17, 15) is 13.2 Å². The number of aldehydes is 1. The molecule has 1 aromatic heterocycles. The van der Waals surface area contributed by atoms with Crippen LogP contribution in [0.4, 0.5) is 0 Å². The summed E-state index contributed by atoms with van der Waals surface area (Å²) in [5, 5.41) is 1.12. The second-order valence-electron chi connectivity index (χ2n) is 7.33. The molecule has 1 aliphatic rings. The molecule has 0 saturated heterocycles. The van der Waals surface area contributed by atoms with Gasteiger partial charge in [-0.1, -0.05) is 60.7 Å². The van der Waals surface area contributed by atoms with Crippen molar-refractivity contribution in [1.29, 1.82) is 0 Å². The van der Waals surface area contributed by atoms with Gasteiger partial charge in [-0.25, -0.2) is 8.42 Å². The van der Waals surface area contributed by atoms with E-state index < -0.39 is 16.6 Å². The second kappa shape index (κ2) is 8.13. The lowest BCUT2D eigenvalue weighted by molar-refractivity contribution is -0.108. The summed E-state index contributed by atoms with van der Waals surface area (Å²) >= 11 is 1.63. The summed E-state index contributed by atoms with van der Waals surface area (Å²) in [5.74, 6) is 0.828. The average molecular weight is 447 g/mol. The molecular weight excluding hydrogens is 428 g/mol. The lowest BCUT2D eigenvalue weighted by Crippen LogP contribution is -2.15. The van der Waals surface area contributed by atoms with Crippen LogP contribution in [0.3, 0.4) is 0 Å². The Morgan fingerprint density at radius 3 is 2.42 bits per heavy atom. The van der Waals surface area contributed by atoms with E-state index in [1.165, 1.54) is 0 Å². The molecule has 1 aliphatic heterocycles. The van der Waals surface area contributed by atoms with Crippen molar-refractivity contribution in [2.24, 2.45) is 0 Å². The van der Waals surface area contributed by atoms with Gasteiger partial charge in [0.05, 0.1) is 11.7 Å². The Kier molecular flexibility index (Phi) is 5.18. The summed E-state index contributed by atoms with van der Waals surface area (Å²) in [7, 11) is -2.49. The van der Waals surface area contributed by atoms with E-state index in [-0.39, 0.29) is 5.75 Å². The van der Waals surface area contributed by atoms with Crippen LogP contribution in [0.2, 0.25) is 0 Å². The zero-order valence-corrected chi connectivity index (χ0v) is 18.1. The van der Waals surface area contributed by atoms with Crippen molar-refractivity contribution in [3.8, 4) is 5.75 Å². The normalized spacial score (nSPS) is 15.7. The fourth-order valence-electron chi connectivity index (χ4n) is 3.94. The molecule has 1 atom stereocenters. The van der Waals surface area contributed by atoms with Gasteiger partial charge < -0.3 is 9.53 Å². The number of carbonyl (C=O) groups is 1. The summed E-state index contributed by atoms with van der Waals surface area (Å²) in [6.45, 7) is 0. The van der Waals surface area contributed by atoms with Crippen molar-refractivity contribution in [3.05, 3.63) is 100 Å². The van der Waals surface area contributed by atoms with E-state index in [0.29, 0.717) is 17.1 Å². The van der Waals surface area contributed by atoms with Crippen LogP contribution in [0.25, 0.3) is 21.4 Å². The van der Waals surface area contributed by atoms with Crippen LogP contribution in [-0.2, 0) is 21.3 Å². The molecule has 0 fully saturated rings. The molecule has 6 heteroatoms. The van der Waals surface area contributed by atoms with Crippen molar-refractivity contribution in [2.75, 3.05) is 0 Å². The molecule has 3 aromatic carbocycles. The standard InChI is InChI=1S/C25H18O4S2/c26-14-20-19-6-2-3-7-21(19)29-25(17-11-9-16(10-12-17)15-31(27)28)24(20)23-13-18-5-1-4-8-22(18)30-23/h1-14,20,31H,15H2. The van der Waals surface area contributed by atoms with Crippen molar-refractivity contribution in [3.63, 3.8) is 0 Å². The summed E-state index contributed by atoms with van der Waals surface area (Å²) < 4.78 is 29.6. The number of thiol groups is 1. The van der Waals surface area contributed by atoms with Crippen molar-refractivity contribution >= 4 is 49.7 Å². The Labute approximate surface area is 185 Å². The molecule has 0 aliphatic carbocycles. The van der Waals surface area contributed by atoms with Gasteiger partial charge in [-0.15, -0.1) is 11.3 Å². The molecule has 31 heavy (non-hydrogen) atoms. The summed E-state index contributed by atoms with van der Waals surface area (Å²) in [6, 6.07) is 25.1. The van der Waals surface area contributed by atoms with Gasteiger partial charge in [0.25, 0.3) is 0 Å². The number of allylic oxidation sites excluding steroid dienone is 1. The lowest BCUT2D eigenvalue weighted by Gasteiger charge is -2.27.